The molecule has 0 aromatic heterocycles. The van der Waals surface area contributed by atoms with E-state index in [9.17, 15) is 5.11 Å². The topological polar surface area (TPSA) is 29.5 Å². The molecule has 0 amide bonds. The molecule has 0 aromatic carbocycles. The van der Waals surface area contributed by atoms with E-state index < -0.39 is 13.6 Å². The van der Waals surface area contributed by atoms with Crippen LogP contribution in [0.1, 0.15) is 26.2 Å². The molecule has 4 heteroatoms. The van der Waals surface area contributed by atoms with E-state index in [0.717, 1.165) is 19.1 Å². The third kappa shape index (κ3) is 2.47. The average Bonchev–Trinajstić information content (AvgIpc) is 2.06. The van der Waals surface area contributed by atoms with Crippen molar-refractivity contribution in [3.63, 3.8) is 0 Å². The van der Waals surface area contributed by atoms with Crippen molar-refractivity contribution >= 4 is 21.7 Å². The molecule has 0 aromatic rings. The fourth-order valence-corrected chi connectivity index (χ4v) is 4.41. The van der Waals surface area contributed by atoms with Crippen LogP contribution in [-0.4, -0.2) is 25.3 Å². The van der Waals surface area contributed by atoms with Gasteiger partial charge < -0.3 is 9.53 Å². The van der Waals surface area contributed by atoms with E-state index >= 15 is 0 Å². The Kier molecular flexibility index (Phi) is 3.43. The summed E-state index contributed by atoms with van der Waals surface area (Å²) in [7, 11) is -1.42. The molecule has 1 saturated heterocycles. The maximum atomic E-state index is 9.75. The van der Waals surface area contributed by atoms with Crippen LogP contribution in [0.25, 0.3) is 0 Å². The molecule has 0 saturated carbocycles. The van der Waals surface area contributed by atoms with Crippen molar-refractivity contribution in [1.29, 1.82) is 0 Å². The molecule has 0 spiro atoms. The molecular formula is C7H16O2SSi. The first-order valence-electron chi connectivity index (χ1n) is 4.23. The minimum Gasteiger partial charge on any atom is -0.416 e. The van der Waals surface area contributed by atoms with Crippen molar-refractivity contribution in [1.82, 2.24) is 0 Å². The van der Waals surface area contributed by atoms with Crippen molar-refractivity contribution in [3.05, 3.63) is 0 Å². The van der Waals surface area contributed by atoms with Gasteiger partial charge in [-0.2, -0.15) is 0 Å². The summed E-state index contributed by atoms with van der Waals surface area (Å²) in [4.78, 5) is 0. The molecular weight excluding hydrogens is 176 g/mol. The highest BCUT2D eigenvalue weighted by molar-refractivity contribution is 7.83. The van der Waals surface area contributed by atoms with Crippen LogP contribution in [0.3, 0.4) is 0 Å². The predicted octanol–water partition coefficient (Wildman–Crippen LogP) is 1.09. The summed E-state index contributed by atoms with van der Waals surface area (Å²) in [6.07, 6.45) is 3.06. The van der Waals surface area contributed by atoms with Crippen molar-refractivity contribution in [2.24, 2.45) is 0 Å². The molecule has 0 bridgehead atoms. The molecule has 1 fully saturated rings. The molecule has 11 heavy (non-hydrogen) atoms. The first-order valence-corrected chi connectivity index (χ1v) is 6.54. The Morgan fingerprint density at radius 3 is 2.82 bits per heavy atom. The number of hydrogen-bond donors (Lipinski definition) is 2. The van der Waals surface area contributed by atoms with Crippen LogP contribution in [0.2, 0.25) is 6.04 Å². The highest BCUT2D eigenvalue weighted by Crippen LogP contribution is 2.26. The molecule has 2 unspecified atom stereocenters. The van der Waals surface area contributed by atoms with Crippen LogP contribution in [0.5, 0.6) is 0 Å². The molecule has 2 nitrogen and oxygen atoms in total. The average molecular weight is 192 g/mol. The molecule has 0 aliphatic carbocycles. The molecule has 66 valence electrons. The summed E-state index contributed by atoms with van der Waals surface area (Å²) in [5, 5.41) is 9.75. The largest absolute Gasteiger partial charge is 0.416 e. The predicted molar refractivity (Wildman–Crippen MR) is 51.4 cm³/mol. The Bertz CT molecular complexity index is 124. The van der Waals surface area contributed by atoms with Crippen LogP contribution < -0.4 is 0 Å². The summed E-state index contributed by atoms with van der Waals surface area (Å²) in [6.45, 7) is 2.79. The third-order valence-electron chi connectivity index (χ3n) is 2.22. The molecule has 0 radical (unpaired) electrons. The minimum absolute atomic E-state index is 0.701. The molecule has 1 rings (SSSR count). The van der Waals surface area contributed by atoms with Gasteiger partial charge in [0.25, 0.3) is 0 Å². The second-order valence-corrected chi connectivity index (χ2v) is 7.19. The summed E-state index contributed by atoms with van der Waals surface area (Å²) in [5.74, 6) is 0. The standard InChI is InChI=1S/C7H16O2SSi/c1-2-7(8,10)11-6-4-3-5-9-11/h8,10-11H,2-6H2,1H3. The van der Waals surface area contributed by atoms with Gasteiger partial charge >= 0.3 is 0 Å². The van der Waals surface area contributed by atoms with Crippen molar-refractivity contribution in [3.8, 4) is 0 Å². The van der Waals surface area contributed by atoms with E-state index in [1.807, 2.05) is 6.92 Å². The Morgan fingerprint density at radius 1 is 1.64 bits per heavy atom. The Hall–Kier alpha value is 0.487. The lowest BCUT2D eigenvalue weighted by Gasteiger charge is -2.32. The lowest BCUT2D eigenvalue weighted by Crippen LogP contribution is -2.44. The first kappa shape index (κ1) is 9.57. The SMILES string of the molecule is CCC(O)(S)[SiH]1CCCCO1. The minimum atomic E-state index is -1.42. The fraction of sp³-hybridized carbons (Fsp3) is 1.00. The van der Waals surface area contributed by atoms with E-state index in [1.54, 1.807) is 0 Å². The van der Waals surface area contributed by atoms with Gasteiger partial charge in [0, 0.05) is 6.61 Å². The lowest BCUT2D eigenvalue weighted by atomic mass is 10.4. The summed E-state index contributed by atoms with van der Waals surface area (Å²) in [6, 6.07) is 1.08. The Labute approximate surface area is 75.1 Å². The van der Waals surface area contributed by atoms with E-state index in [1.165, 1.54) is 6.42 Å². The van der Waals surface area contributed by atoms with Gasteiger partial charge in [0.15, 0.2) is 0 Å². The van der Waals surface area contributed by atoms with Gasteiger partial charge in [-0.25, -0.2) is 0 Å². The number of rotatable bonds is 2. The zero-order valence-electron chi connectivity index (χ0n) is 6.92. The van der Waals surface area contributed by atoms with E-state index in [2.05, 4.69) is 12.6 Å². The number of aliphatic hydroxyl groups is 1. The van der Waals surface area contributed by atoms with Gasteiger partial charge in [0.05, 0.1) is 0 Å². The first-order chi connectivity index (χ1) is 5.17. The van der Waals surface area contributed by atoms with E-state index in [4.69, 9.17) is 4.43 Å². The smallest absolute Gasteiger partial charge is 0.220 e. The highest BCUT2D eigenvalue weighted by Gasteiger charge is 2.35. The van der Waals surface area contributed by atoms with E-state index in [0.29, 0.717) is 6.42 Å². The van der Waals surface area contributed by atoms with Crippen molar-refractivity contribution in [2.45, 2.75) is 36.8 Å². The summed E-state index contributed by atoms with van der Waals surface area (Å²) >= 11 is 4.22. The van der Waals surface area contributed by atoms with Gasteiger partial charge in [-0.05, 0) is 18.9 Å². The zero-order valence-corrected chi connectivity index (χ0v) is 8.96. The third-order valence-corrected chi connectivity index (χ3v) is 6.41. The maximum absolute atomic E-state index is 9.75. The molecule has 1 aliphatic heterocycles. The lowest BCUT2D eigenvalue weighted by molar-refractivity contribution is 0.163. The highest BCUT2D eigenvalue weighted by atomic mass is 32.1. The van der Waals surface area contributed by atoms with Gasteiger partial charge in [-0.3, -0.25) is 0 Å². The molecule has 1 heterocycles. The monoisotopic (exact) mass is 192 g/mol. The van der Waals surface area contributed by atoms with Gasteiger partial charge in [-0.1, -0.05) is 13.3 Å². The van der Waals surface area contributed by atoms with Crippen molar-refractivity contribution < 1.29 is 9.53 Å². The quantitative estimate of drug-likeness (QED) is 0.390. The van der Waals surface area contributed by atoms with Gasteiger partial charge in [0.1, 0.15) is 4.56 Å². The number of thiol groups is 1. The Balaban J connectivity index is 2.43. The Morgan fingerprint density at radius 2 is 2.36 bits per heavy atom. The van der Waals surface area contributed by atoms with Crippen LogP contribution in [-0.2, 0) is 4.43 Å². The molecule has 1 aliphatic rings. The van der Waals surface area contributed by atoms with Crippen LogP contribution in [0, 0.1) is 0 Å². The van der Waals surface area contributed by atoms with Gasteiger partial charge in [0.2, 0.25) is 9.04 Å². The second kappa shape index (κ2) is 3.94. The van der Waals surface area contributed by atoms with Gasteiger partial charge in [-0.15, -0.1) is 12.6 Å². The molecule has 2 atom stereocenters. The van der Waals surface area contributed by atoms with Crippen LogP contribution in [0.15, 0.2) is 0 Å². The molecule has 1 N–H and O–H groups in total. The summed E-state index contributed by atoms with van der Waals surface area (Å²) in [5.41, 5.74) is 0. The van der Waals surface area contributed by atoms with Crippen molar-refractivity contribution in [2.75, 3.05) is 6.61 Å². The maximum Gasteiger partial charge on any atom is 0.220 e. The summed E-state index contributed by atoms with van der Waals surface area (Å²) < 4.78 is 4.77. The second-order valence-electron chi connectivity index (χ2n) is 3.09. The van der Waals surface area contributed by atoms with Crippen LogP contribution >= 0.6 is 12.6 Å². The number of hydrogen-bond acceptors (Lipinski definition) is 3. The normalized spacial score (nSPS) is 31.4. The van der Waals surface area contributed by atoms with Crippen LogP contribution in [0.4, 0.5) is 0 Å². The zero-order chi connectivity index (χ0) is 8.32. The fourth-order valence-electron chi connectivity index (χ4n) is 1.33. The van der Waals surface area contributed by atoms with E-state index in [-0.39, 0.29) is 0 Å².